The summed E-state index contributed by atoms with van der Waals surface area (Å²) in [4.78, 5) is 4.77. The highest BCUT2D eigenvalue weighted by molar-refractivity contribution is 4.65. The SMILES string of the molecule is CC(OCN1CCCCC1)N1CCOCC1. The van der Waals surface area contributed by atoms with Crippen LogP contribution in [0.15, 0.2) is 0 Å². The van der Waals surface area contributed by atoms with E-state index in [4.69, 9.17) is 9.47 Å². The molecule has 0 bridgehead atoms. The van der Waals surface area contributed by atoms with Crippen molar-refractivity contribution < 1.29 is 9.47 Å². The number of morpholine rings is 1. The van der Waals surface area contributed by atoms with Gasteiger partial charge >= 0.3 is 0 Å². The van der Waals surface area contributed by atoms with Gasteiger partial charge in [0.1, 0.15) is 13.0 Å². The lowest BCUT2D eigenvalue weighted by Crippen LogP contribution is -2.45. The molecule has 0 N–H and O–H groups in total. The van der Waals surface area contributed by atoms with E-state index in [-0.39, 0.29) is 6.23 Å². The van der Waals surface area contributed by atoms with Crippen LogP contribution in [0.1, 0.15) is 26.2 Å². The molecule has 0 amide bonds. The van der Waals surface area contributed by atoms with Gasteiger partial charge in [0.05, 0.1) is 13.2 Å². The molecule has 0 aliphatic carbocycles. The van der Waals surface area contributed by atoms with Crippen molar-refractivity contribution in [2.75, 3.05) is 46.1 Å². The fourth-order valence-corrected chi connectivity index (χ4v) is 2.35. The zero-order chi connectivity index (χ0) is 11.2. The molecular formula is C12H24N2O2. The van der Waals surface area contributed by atoms with E-state index in [2.05, 4.69) is 16.7 Å². The summed E-state index contributed by atoms with van der Waals surface area (Å²) in [6.45, 7) is 9.04. The summed E-state index contributed by atoms with van der Waals surface area (Å²) in [6, 6.07) is 0. The number of hydrogen-bond acceptors (Lipinski definition) is 4. The van der Waals surface area contributed by atoms with Crippen molar-refractivity contribution in [3.8, 4) is 0 Å². The molecule has 0 aromatic rings. The Morgan fingerprint density at radius 3 is 2.44 bits per heavy atom. The minimum Gasteiger partial charge on any atom is -0.379 e. The third-order valence-electron chi connectivity index (χ3n) is 3.51. The molecule has 0 radical (unpaired) electrons. The van der Waals surface area contributed by atoms with E-state index >= 15 is 0 Å². The van der Waals surface area contributed by atoms with E-state index in [1.807, 2.05) is 0 Å². The van der Waals surface area contributed by atoms with Gasteiger partial charge in [0.15, 0.2) is 0 Å². The first kappa shape index (κ1) is 12.3. The molecule has 0 aromatic heterocycles. The van der Waals surface area contributed by atoms with Crippen LogP contribution >= 0.6 is 0 Å². The van der Waals surface area contributed by atoms with Crippen LogP contribution in [0.2, 0.25) is 0 Å². The molecule has 1 unspecified atom stereocenters. The molecule has 16 heavy (non-hydrogen) atoms. The number of likely N-dealkylation sites (tertiary alicyclic amines) is 1. The van der Waals surface area contributed by atoms with E-state index in [1.165, 1.54) is 32.4 Å². The predicted octanol–water partition coefficient (Wildman–Crippen LogP) is 1.12. The lowest BCUT2D eigenvalue weighted by Gasteiger charge is -2.34. The second kappa shape index (κ2) is 6.55. The first-order chi connectivity index (χ1) is 7.86. The van der Waals surface area contributed by atoms with Gasteiger partial charge in [0.25, 0.3) is 0 Å². The molecule has 2 aliphatic rings. The first-order valence-electron chi connectivity index (χ1n) is 6.52. The van der Waals surface area contributed by atoms with E-state index < -0.39 is 0 Å². The summed E-state index contributed by atoms with van der Waals surface area (Å²) in [5.41, 5.74) is 0. The minimum absolute atomic E-state index is 0.228. The van der Waals surface area contributed by atoms with Crippen LogP contribution in [0.5, 0.6) is 0 Å². The van der Waals surface area contributed by atoms with Crippen molar-refractivity contribution in [1.82, 2.24) is 9.80 Å². The summed E-state index contributed by atoms with van der Waals surface area (Å²) in [5, 5.41) is 0. The highest BCUT2D eigenvalue weighted by atomic mass is 16.5. The summed E-state index contributed by atoms with van der Waals surface area (Å²) < 4.78 is 11.3. The number of hydrogen-bond donors (Lipinski definition) is 0. The molecule has 0 saturated carbocycles. The van der Waals surface area contributed by atoms with Gasteiger partial charge in [0.2, 0.25) is 0 Å². The maximum Gasteiger partial charge on any atom is 0.109 e. The normalized spacial score (nSPS) is 26.8. The van der Waals surface area contributed by atoms with Gasteiger partial charge in [0, 0.05) is 26.2 Å². The van der Waals surface area contributed by atoms with Crippen molar-refractivity contribution in [2.24, 2.45) is 0 Å². The quantitative estimate of drug-likeness (QED) is 0.720. The average molecular weight is 228 g/mol. The van der Waals surface area contributed by atoms with Gasteiger partial charge in [-0.2, -0.15) is 0 Å². The van der Waals surface area contributed by atoms with Crippen molar-refractivity contribution in [2.45, 2.75) is 32.4 Å². The summed E-state index contributed by atoms with van der Waals surface area (Å²) in [5.74, 6) is 0. The molecule has 2 saturated heterocycles. The van der Waals surface area contributed by atoms with E-state index in [1.54, 1.807) is 0 Å². The third kappa shape index (κ3) is 3.70. The second-order valence-corrected chi connectivity index (χ2v) is 4.72. The first-order valence-corrected chi connectivity index (χ1v) is 6.52. The average Bonchev–Trinajstić information content (AvgIpc) is 2.38. The number of nitrogens with zero attached hydrogens (tertiary/aromatic N) is 2. The van der Waals surface area contributed by atoms with Crippen LogP contribution in [0.4, 0.5) is 0 Å². The molecule has 4 heteroatoms. The Hall–Kier alpha value is -0.160. The van der Waals surface area contributed by atoms with Gasteiger partial charge in [-0.15, -0.1) is 0 Å². The fraction of sp³-hybridized carbons (Fsp3) is 1.00. The second-order valence-electron chi connectivity index (χ2n) is 4.72. The Balaban J connectivity index is 1.63. The van der Waals surface area contributed by atoms with Crippen LogP contribution < -0.4 is 0 Å². The van der Waals surface area contributed by atoms with E-state index in [0.717, 1.165) is 33.0 Å². The summed E-state index contributed by atoms with van der Waals surface area (Å²) >= 11 is 0. The minimum atomic E-state index is 0.228. The fourth-order valence-electron chi connectivity index (χ4n) is 2.35. The van der Waals surface area contributed by atoms with Crippen LogP contribution in [0, 0.1) is 0 Å². The Bertz CT molecular complexity index is 189. The lowest BCUT2D eigenvalue weighted by molar-refractivity contribution is -0.117. The molecule has 0 aromatic carbocycles. The number of ether oxygens (including phenoxy) is 2. The molecule has 1 atom stereocenters. The predicted molar refractivity (Wildman–Crippen MR) is 63.2 cm³/mol. The lowest BCUT2D eigenvalue weighted by atomic mass is 10.1. The monoisotopic (exact) mass is 228 g/mol. The Labute approximate surface area is 98.5 Å². The van der Waals surface area contributed by atoms with Crippen LogP contribution in [-0.2, 0) is 9.47 Å². The molecule has 2 rings (SSSR count). The molecule has 2 heterocycles. The van der Waals surface area contributed by atoms with E-state index in [9.17, 15) is 0 Å². The topological polar surface area (TPSA) is 24.9 Å². The van der Waals surface area contributed by atoms with Gasteiger partial charge < -0.3 is 9.47 Å². The van der Waals surface area contributed by atoms with Crippen LogP contribution in [-0.4, -0.2) is 62.2 Å². The molecular weight excluding hydrogens is 204 g/mol. The molecule has 2 fully saturated rings. The Morgan fingerprint density at radius 2 is 1.75 bits per heavy atom. The highest BCUT2D eigenvalue weighted by Gasteiger charge is 2.18. The maximum atomic E-state index is 5.92. The third-order valence-corrected chi connectivity index (χ3v) is 3.51. The van der Waals surface area contributed by atoms with Gasteiger partial charge in [-0.1, -0.05) is 6.42 Å². The maximum absolute atomic E-state index is 5.92. The van der Waals surface area contributed by atoms with Crippen molar-refractivity contribution in [1.29, 1.82) is 0 Å². The zero-order valence-corrected chi connectivity index (χ0v) is 10.4. The van der Waals surface area contributed by atoms with Gasteiger partial charge in [-0.3, -0.25) is 9.80 Å². The molecule has 2 aliphatic heterocycles. The van der Waals surface area contributed by atoms with E-state index in [0.29, 0.717) is 0 Å². The summed E-state index contributed by atoms with van der Waals surface area (Å²) in [6.07, 6.45) is 4.27. The van der Waals surface area contributed by atoms with Crippen molar-refractivity contribution in [3.05, 3.63) is 0 Å². The standard InChI is InChI=1S/C12H24N2O2/c1-12(14-7-9-15-10-8-14)16-11-13-5-3-2-4-6-13/h12H,2-11H2,1H3. The van der Waals surface area contributed by atoms with Crippen LogP contribution in [0.25, 0.3) is 0 Å². The summed E-state index contributed by atoms with van der Waals surface area (Å²) in [7, 11) is 0. The highest BCUT2D eigenvalue weighted by Crippen LogP contribution is 2.10. The van der Waals surface area contributed by atoms with Gasteiger partial charge in [-0.25, -0.2) is 0 Å². The number of piperidine rings is 1. The smallest absolute Gasteiger partial charge is 0.109 e. The van der Waals surface area contributed by atoms with Crippen molar-refractivity contribution in [3.63, 3.8) is 0 Å². The molecule has 4 nitrogen and oxygen atoms in total. The number of rotatable bonds is 4. The van der Waals surface area contributed by atoms with Crippen molar-refractivity contribution >= 4 is 0 Å². The largest absolute Gasteiger partial charge is 0.379 e. The molecule has 0 spiro atoms. The van der Waals surface area contributed by atoms with Gasteiger partial charge in [-0.05, 0) is 19.8 Å². The Morgan fingerprint density at radius 1 is 1.06 bits per heavy atom. The Kier molecular flexibility index (Phi) is 5.03. The van der Waals surface area contributed by atoms with Crippen LogP contribution in [0.3, 0.4) is 0 Å². The molecule has 94 valence electrons. The zero-order valence-electron chi connectivity index (χ0n) is 10.4.